The van der Waals surface area contributed by atoms with Gasteiger partial charge < -0.3 is 4.18 Å². The molecule has 5 nitrogen and oxygen atoms in total. The van der Waals surface area contributed by atoms with E-state index in [2.05, 4.69) is 14.2 Å². The van der Waals surface area contributed by atoms with Crippen LogP contribution in [0, 0.1) is 11.2 Å². The Morgan fingerprint density at radius 2 is 1.80 bits per heavy atom. The van der Waals surface area contributed by atoms with Crippen LogP contribution in [0.5, 0.6) is 5.88 Å². The lowest BCUT2D eigenvalue weighted by molar-refractivity contribution is -0.0502. The number of rotatable bonds is 3. The first-order valence-electron chi connectivity index (χ1n) is 9.24. The molecule has 0 amide bonds. The molecule has 0 unspecified atom stereocenters. The third-order valence-electron chi connectivity index (χ3n) is 5.82. The number of hydrogen-bond acceptors (Lipinski definition) is 6. The zero-order valence-electron chi connectivity index (χ0n) is 15.9. The van der Waals surface area contributed by atoms with Crippen LogP contribution in [-0.4, -0.2) is 30.1 Å². The van der Waals surface area contributed by atoms with Crippen molar-refractivity contribution >= 4 is 21.9 Å². The molecule has 30 heavy (non-hydrogen) atoms. The van der Waals surface area contributed by atoms with Gasteiger partial charge in [0.15, 0.2) is 5.16 Å². The third-order valence-corrected chi connectivity index (χ3v) is 7.32. The maximum absolute atomic E-state index is 14.1. The summed E-state index contributed by atoms with van der Waals surface area (Å²) in [6.07, 6.45) is 4.89. The fourth-order valence-electron chi connectivity index (χ4n) is 4.32. The normalized spacial score (nSPS) is 21.2. The summed E-state index contributed by atoms with van der Waals surface area (Å²) in [7, 11) is -5.83. The molecule has 2 aliphatic carbocycles. The van der Waals surface area contributed by atoms with Crippen molar-refractivity contribution in [3.8, 4) is 5.88 Å². The second-order valence-electron chi connectivity index (χ2n) is 7.65. The van der Waals surface area contributed by atoms with E-state index in [4.69, 9.17) is 0 Å². The van der Waals surface area contributed by atoms with Gasteiger partial charge in [-0.15, -0.1) is 0 Å². The highest BCUT2D eigenvalue weighted by atomic mass is 32.2. The first-order chi connectivity index (χ1) is 14.0. The monoisotopic (exact) mass is 462 g/mol. The van der Waals surface area contributed by atoms with Crippen molar-refractivity contribution in [2.75, 3.05) is 6.26 Å². The van der Waals surface area contributed by atoms with Gasteiger partial charge >= 0.3 is 15.6 Å². The molecule has 11 heteroatoms. The highest BCUT2D eigenvalue weighted by Gasteiger charge is 2.50. The van der Waals surface area contributed by atoms with Crippen LogP contribution in [0.2, 0.25) is 0 Å². The highest BCUT2D eigenvalue weighted by molar-refractivity contribution is 7.98. The van der Waals surface area contributed by atoms with Crippen LogP contribution in [0.4, 0.5) is 17.6 Å². The molecule has 0 radical (unpaired) electrons. The molecular weight excluding hydrogens is 444 g/mol. The van der Waals surface area contributed by atoms with Crippen LogP contribution in [0.15, 0.2) is 23.4 Å². The highest BCUT2D eigenvalue weighted by Crippen LogP contribution is 2.47. The smallest absolute Gasteiger partial charge is 0.355 e. The van der Waals surface area contributed by atoms with E-state index in [-0.39, 0.29) is 28.4 Å². The Bertz CT molecular complexity index is 1110. The largest absolute Gasteiger partial charge is 0.534 e. The summed E-state index contributed by atoms with van der Waals surface area (Å²) in [5, 5.41) is 0.139. The number of fused-ring (bicyclic) bond motifs is 2. The average molecular weight is 462 g/mol. The molecule has 0 aliphatic heterocycles. The summed E-state index contributed by atoms with van der Waals surface area (Å²) in [4.78, 5) is 8.31. The summed E-state index contributed by atoms with van der Waals surface area (Å²) in [5.41, 5.74) is -3.33. The minimum absolute atomic E-state index is 0.139. The molecule has 0 saturated heterocycles. The van der Waals surface area contributed by atoms with E-state index in [1.807, 2.05) is 6.07 Å². The first-order valence-corrected chi connectivity index (χ1v) is 11.9. The van der Waals surface area contributed by atoms with Gasteiger partial charge in [-0.25, -0.2) is 9.37 Å². The lowest BCUT2D eigenvalue weighted by atomic mass is 9.63. The van der Waals surface area contributed by atoms with E-state index in [9.17, 15) is 26.0 Å². The fraction of sp³-hybridized carbons (Fsp3) is 0.474. The van der Waals surface area contributed by atoms with Gasteiger partial charge in [-0.3, -0.25) is 0 Å². The number of nitrogens with zero attached hydrogens (tertiary/aromatic N) is 2. The molecule has 1 spiro atoms. The van der Waals surface area contributed by atoms with Gasteiger partial charge in [0.1, 0.15) is 5.82 Å². The van der Waals surface area contributed by atoms with Gasteiger partial charge in [0.25, 0.3) is 0 Å². The number of thioether (sulfide) groups is 1. The van der Waals surface area contributed by atoms with Crippen molar-refractivity contribution in [1.29, 1.82) is 0 Å². The van der Waals surface area contributed by atoms with Crippen LogP contribution in [0.1, 0.15) is 35.2 Å². The summed E-state index contributed by atoms with van der Waals surface area (Å²) < 4.78 is 79.9. The number of halogens is 4. The van der Waals surface area contributed by atoms with Gasteiger partial charge in [-0.2, -0.15) is 26.6 Å². The average Bonchev–Trinajstić information content (AvgIpc) is 2.66. The van der Waals surface area contributed by atoms with Gasteiger partial charge in [0.2, 0.25) is 5.88 Å². The molecule has 1 heterocycles. The van der Waals surface area contributed by atoms with Crippen molar-refractivity contribution in [3.63, 3.8) is 0 Å². The second-order valence-corrected chi connectivity index (χ2v) is 9.97. The van der Waals surface area contributed by atoms with E-state index in [1.54, 1.807) is 12.3 Å². The number of alkyl halides is 3. The van der Waals surface area contributed by atoms with Crippen LogP contribution < -0.4 is 4.18 Å². The predicted molar refractivity (Wildman–Crippen MR) is 102 cm³/mol. The molecule has 0 N–H and O–H groups in total. The third kappa shape index (κ3) is 3.77. The van der Waals surface area contributed by atoms with Crippen molar-refractivity contribution < 1.29 is 30.2 Å². The van der Waals surface area contributed by atoms with Crippen molar-refractivity contribution in [2.24, 2.45) is 5.41 Å². The predicted octanol–water partition coefficient (Wildman–Crippen LogP) is 4.23. The zero-order valence-corrected chi connectivity index (χ0v) is 17.6. The van der Waals surface area contributed by atoms with Crippen molar-refractivity contribution in [1.82, 2.24) is 9.97 Å². The molecule has 0 fully saturated rings. The molecule has 0 bridgehead atoms. The topological polar surface area (TPSA) is 69.2 Å². The molecule has 1 atom stereocenters. The molecular formula is C19H18F4N2O3S2. The Hall–Kier alpha value is -1.88. The van der Waals surface area contributed by atoms with Gasteiger partial charge in [0, 0.05) is 5.56 Å². The van der Waals surface area contributed by atoms with Gasteiger partial charge in [-0.05, 0) is 67.4 Å². The Balaban J connectivity index is 1.69. The summed E-state index contributed by atoms with van der Waals surface area (Å²) in [6, 6.07) is 5.01. The maximum Gasteiger partial charge on any atom is 0.534 e. The quantitative estimate of drug-likeness (QED) is 0.224. The minimum Gasteiger partial charge on any atom is -0.355 e. The minimum atomic E-state index is -5.83. The Morgan fingerprint density at radius 1 is 1.10 bits per heavy atom. The Labute approximate surface area is 175 Å². The Kier molecular flexibility index (Phi) is 5.24. The van der Waals surface area contributed by atoms with Crippen molar-refractivity contribution in [3.05, 3.63) is 46.4 Å². The fourth-order valence-corrected chi connectivity index (χ4v) is 5.14. The maximum atomic E-state index is 14.1. The standard InChI is InChI=1S/C19H18F4N2O3S2/c1-29-17-24-15-10-18(7-5-12-11(9-18)3-2-4-14(12)20)8-6-13(15)16(25-17)28-30(26,27)19(21,22)23/h2-4H,5-10H2,1H3/t18-/m1/s1. The van der Waals surface area contributed by atoms with E-state index in [0.29, 0.717) is 36.9 Å². The number of aromatic nitrogens is 2. The van der Waals surface area contributed by atoms with Gasteiger partial charge in [0.05, 0.1) is 5.69 Å². The first kappa shape index (κ1) is 21.4. The molecule has 0 saturated carbocycles. The molecule has 2 aliphatic rings. The lowest BCUT2D eigenvalue weighted by Crippen LogP contribution is -2.36. The van der Waals surface area contributed by atoms with E-state index in [1.165, 1.54) is 6.07 Å². The second kappa shape index (κ2) is 7.37. The summed E-state index contributed by atoms with van der Waals surface area (Å²) >= 11 is 1.09. The zero-order chi connectivity index (χ0) is 21.7. The van der Waals surface area contributed by atoms with Crippen LogP contribution in [0.3, 0.4) is 0 Å². The van der Waals surface area contributed by atoms with Crippen LogP contribution >= 0.6 is 11.8 Å². The summed E-state index contributed by atoms with van der Waals surface area (Å²) in [6.45, 7) is 0. The van der Waals surface area contributed by atoms with E-state index in [0.717, 1.165) is 23.7 Å². The molecule has 4 rings (SSSR count). The lowest BCUT2D eigenvalue weighted by Gasteiger charge is -2.41. The van der Waals surface area contributed by atoms with Crippen LogP contribution in [0.25, 0.3) is 0 Å². The van der Waals surface area contributed by atoms with Crippen LogP contribution in [-0.2, 0) is 35.8 Å². The SMILES string of the molecule is CSc1nc2c(c(OS(=O)(=O)C(F)(F)F)n1)CC[C@@]1(CCc3c(F)cccc3C1)C2. The summed E-state index contributed by atoms with van der Waals surface area (Å²) in [5.74, 6) is -0.780. The van der Waals surface area contributed by atoms with E-state index < -0.39 is 21.5 Å². The Morgan fingerprint density at radius 3 is 2.47 bits per heavy atom. The van der Waals surface area contributed by atoms with E-state index >= 15 is 0 Å². The molecule has 162 valence electrons. The molecule has 2 aromatic rings. The number of benzene rings is 1. The van der Waals surface area contributed by atoms with Crippen molar-refractivity contribution in [2.45, 2.75) is 49.2 Å². The molecule has 1 aromatic carbocycles. The van der Waals surface area contributed by atoms with Gasteiger partial charge in [-0.1, -0.05) is 23.9 Å². The number of hydrogen-bond donors (Lipinski definition) is 0. The molecule has 1 aromatic heterocycles.